The Morgan fingerprint density at radius 3 is 2.76 bits per heavy atom. The lowest BCUT2D eigenvalue weighted by Gasteiger charge is -2.31. The van der Waals surface area contributed by atoms with E-state index in [-0.39, 0.29) is 24.0 Å². The standard InChI is InChI=1S/C16H24ClN3.HI/c1-13-4-3-11-20(12-13)16(18)19-10-2-5-14-6-8-15(17)9-7-14;/h6-9,13H,2-5,10-12H2,1H3,(H2,18,19);1H. The molecule has 1 aliphatic rings. The van der Waals surface area contributed by atoms with Crippen LogP contribution < -0.4 is 5.73 Å². The lowest BCUT2D eigenvalue weighted by molar-refractivity contribution is 0.270. The molecule has 0 aliphatic carbocycles. The van der Waals surface area contributed by atoms with E-state index in [0.717, 1.165) is 43.4 Å². The van der Waals surface area contributed by atoms with Crippen LogP contribution in [-0.4, -0.2) is 30.5 Å². The van der Waals surface area contributed by atoms with Crippen molar-refractivity contribution < 1.29 is 0 Å². The molecule has 0 bridgehead atoms. The second-order valence-corrected chi connectivity index (χ2v) is 6.10. The second kappa shape index (κ2) is 9.51. The third-order valence-electron chi connectivity index (χ3n) is 3.79. The van der Waals surface area contributed by atoms with Gasteiger partial charge in [0, 0.05) is 24.7 Å². The highest BCUT2D eigenvalue weighted by Crippen LogP contribution is 2.15. The summed E-state index contributed by atoms with van der Waals surface area (Å²) in [6.45, 7) is 5.17. The highest BCUT2D eigenvalue weighted by Gasteiger charge is 2.17. The third-order valence-corrected chi connectivity index (χ3v) is 4.04. The van der Waals surface area contributed by atoms with Gasteiger partial charge < -0.3 is 10.6 Å². The van der Waals surface area contributed by atoms with Crippen molar-refractivity contribution in [3.8, 4) is 0 Å². The Bertz CT molecular complexity index is 447. The monoisotopic (exact) mass is 421 g/mol. The van der Waals surface area contributed by atoms with Crippen molar-refractivity contribution in [1.29, 1.82) is 0 Å². The number of halogens is 2. The van der Waals surface area contributed by atoms with Gasteiger partial charge in [-0.3, -0.25) is 4.99 Å². The van der Waals surface area contributed by atoms with Gasteiger partial charge in [-0.05, 0) is 49.3 Å². The van der Waals surface area contributed by atoms with E-state index in [2.05, 4.69) is 28.9 Å². The molecule has 1 unspecified atom stereocenters. The van der Waals surface area contributed by atoms with Crippen molar-refractivity contribution in [1.82, 2.24) is 4.90 Å². The smallest absolute Gasteiger partial charge is 0.191 e. The zero-order valence-electron chi connectivity index (χ0n) is 12.6. The summed E-state index contributed by atoms with van der Waals surface area (Å²) in [6.07, 6.45) is 4.57. The molecule has 0 radical (unpaired) electrons. The Hall–Kier alpha value is -0.490. The average Bonchev–Trinajstić information content (AvgIpc) is 2.45. The number of nitrogens with two attached hydrogens (primary N) is 1. The molecule has 1 aromatic carbocycles. The van der Waals surface area contributed by atoms with Gasteiger partial charge in [-0.1, -0.05) is 30.7 Å². The van der Waals surface area contributed by atoms with Crippen molar-refractivity contribution in [2.45, 2.75) is 32.6 Å². The number of hydrogen-bond acceptors (Lipinski definition) is 1. The maximum absolute atomic E-state index is 6.07. The van der Waals surface area contributed by atoms with Crippen molar-refractivity contribution in [2.24, 2.45) is 16.6 Å². The van der Waals surface area contributed by atoms with Crippen molar-refractivity contribution >= 4 is 41.5 Å². The molecule has 1 heterocycles. The van der Waals surface area contributed by atoms with E-state index in [1.807, 2.05) is 12.1 Å². The van der Waals surface area contributed by atoms with Gasteiger partial charge in [-0.2, -0.15) is 0 Å². The molecular formula is C16H25ClIN3. The van der Waals surface area contributed by atoms with Gasteiger partial charge in [0.05, 0.1) is 0 Å². The maximum Gasteiger partial charge on any atom is 0.191 e. The minimum Gasteiger partial charge on any atom is -0.370 e. The molecule has 1 aliphatic heterocycles. The summed E-state index contributed by atoms with van der Waals surface area (Å²) < 4.78 is 0. The highest BCUT2D eigenvalue weighted by atomic mass is 127. The first kappa shape index (κ1) is 18.6. The second-order valence-electron chi connectivity index (χ2n) is 5.66. The quantitative estimate of drug-likeness (QED) is 0.346. The van der Waals surface area contributed by atoms with Crippen LogP contribution in [-0.2, 0) is 6.42 Å². The Balaban J connectivity index is 0.00000220. The number of aryl methyl sites for hydroxylation is 1. The first-order valence-corrected chi connectivity index (χ1v) is 7.82. The summed E-state index contributed by atoms with van der Waals surface area (Å²) >= 11 is 5.87. The van der Waals surface area contributed by atoms with E-state index in [9.17, 15) is 0 Å². The normalized spacial score (nSPS) is 19.2. The Kier molecular flexibility index (Phi) is 8.41. The molecule has 1 atom stereocenters. The van der Waals surface area contributed by atoms with Gasteiger partial charge in [0.1, 0.15) is 0 Å². The Labute approximate surface area is 150 Å². The van der Waals surface area contributed by atoms with Gasteiger partial charge in [0.2, 0.25) is 0 Å². The topological polar surface area (TPSA) is 41.6 Å². The first-order chi connectivity index (χ1) is 9.65. The van der Waals surface area contributed by atoms with E-state index in [4.69, 9.17) is 17.3 Å². The van der Waals surface area contributed by atoms with E-state index in [1.54, 1.807) is 0 Å². The average molecular weight is 422 g/mol. The van der Waals surface area contributed by atoms with Crippen molar-refractivity contribution in [2.75, 3.05) is 19.6 Å². The van der Waals surface area contributed by atoms with Crippen LogP contribution in [0.5, 0.6) is 0 Å². The van der Waals surface area contributed by atoms with E-state index in [1.165, 1.54) is 18.4 Å². The molecule has 2 rings (SSSR count). The predicted molar refractivity (Wildman–Crippen MR) is 102 cm³/mol. The summed E-state index contributed by atoms with van der Waals surface area (Å²) in [6, 6.07) is 8.01. The highest BCUT2D eigenvalue weighted by molar-refractivity contribution is 14.0. The lowest BCUT2D eigenvalue weighted by atomic mass is 10.0. The van der Waals surface area contributed by atoms with Crippen LogP contribution in [0, 0.1) is 5.92 Å². The summed E-state index contributed by atoms with van der Waals surface area (Å²) in [5.41, 5.74) is 7.37. The number of guanidine groups is 1. The Morgan fingerprint density at radius 1 is 1.38 bits per heavy atom. The summed E-state index contributed by atoms with van der Waals surface area (Å²) in [7, 11) is 0. The molecule has 1 fully saturated rings. The molecule has 0 spiro atoms. The van der Waals surface area contributed by atoms with Gasteiger partial charge in [0.25, 0.3) is 0 Å². The Morgan fingerprint density at radius 2 is 2.10 bits per heavy atom. The maximum atomic E-state index is 6.07. The molecule has 0 aromatic heterocycles. The van der Waals surface area contributed by atoms with Crippen LogP contribution in [0.25, 0.3) is 0 Å². The van der Waals surface area contributed by atoms with Crippen LogP contribution in [0.3, 0.4) is 0 Å². The predicted octanol–water partition coefficient (Wildman–Crippen LogP) is 3.94. The molecule has 0 amide bonds. The first-order valence-electron chi connectivity index (χ1n) is 7.44. The number of likely N-dealkylation sites (tertiary alicyclic amines) is 1. The molecule has 118 valence electrons. The SMILES string of the molecule is CC1CCCN(C(N)=NCCCc2ccc(Cl)cc2)C1.I. The summed E-state index contributed by atoms with van der Waals surface area (Å²) in [4.78, 5) is 6.73. The zero-order valence-corrected chi connectivity index (χ0v) is 15.7. The molecule has 2 N–H and O–H groups in total. The summed E-state index contributed by atoms with van der Waals surface area (Å²) in [5.74, 6) is 1.44. The number of hydrogen-bond donors (Lipinski definition) is 1. The molecule has 0 saturated carbocycles. The minimum atomic E-state index is 0. The fourth-order valence-corrected chi connectivity index (χ4v) is 2.75. The van der Waals surface area contributed by atoms with Crippen LogP contribution in [0.15, 0.2) is 29.3 Å². The molecular weight excluding hydrogens is 397 g/mol. The van der Waals surface area contributed by atoms with Crippen LogP contribution in [0.2, 0.25) is 5.02 Å². The van der Waals surface area contributed by atoms with E-state index < -0.39 is 0 Å². The third kappa shape index (κ3) is 6.43. The number of benzene rings is 1. The van der Waals surface area contributed by atoms with Crippen molar-refractivity contribution in [3.05, 3.63) is 34.9 Å². The van der Waals surface area contributed by atoms with E-state index in [0.29, 0.717) is 5.96 Å². The molecule has 21 heavy (non-hydrogen) atoms. The molecule has 1 saturated heterocycles. The van der Waals surface area contributed by atoms with Gasteiger partial charge in [-0.25, -0.2) is 0 Å². The fourth-order valence-electron chi connectivity index (χ4n) is 2.63. The van der Waals surface area contributed by atoms with Crippen LogP contribution >= 0.6 is 35.6 Å². The number of piperidine rings is 1. The largest absolute Gasteiger partial charge is 0.370 e. The van der Waals surface area contributed by atoms with E-state index >= 15 is 0 Å². The lowest BCUT2D eigenvalue weighted by Crippen LogP contribution is -2.43. The fraction of sp³-hybridized carbons (Fsp3) is 0.562. The molecule has 3 nitrogen and oxygen atoms in total. The minimum absolute atomic E-state index is 0. The molecule has 5 heteroatoms. The number of nitrogens with zero attached hydrogens (tertiary/aromatic N) is 2. The number of rotatable bonds is 4. The van der Waals surface area contributed by atoms with Gasteiger partial charge in [0.15, 0.2) is 5.96 Å². The van der Waals surface area contributed by atoms with Crippen LogP contribution in [0.1, 0.15) is 31.7 Å². The van der Waals surface area contributed by atoms with Gasteiger partial charge >= 0.3 is 0 Å². The zero-order chi connectivity index (χ0) is 14.4. The van der Waals surface area contributed by atoms with Crippen LogP contribution in [0.4, 0.5) is 0 Å². The van der Waals surface area contributed by atoms with Crippen molar-refractivity contribution in [3.63, 3.8) is 0 Å². The summed E-state index contributed by atoms with van der Waals surface area (Å²) in [5, 5.41) is 0.787. The molecule has 1 aromatic rings. The number of aliphatic imine (C=N–C) groups is 1. The van der Waals surface area contributed by atoms with Gasteiger partial charge in [-0.15, -0.1) is 24.0 Å².